The molecule has 4 nitrogen and oxygen atoms in total. The molecular weight excluding hydrogens is 358 g/mol. The molecular formula is C19H22ClNO3S. The molecule has 1 fully saturated rings. The summed E-state index contributed by atoms with van der Waals surface area (Å²) < 4.78 is 6.10. The number of carbonyl (C=O) groups is 2. The number of halogens is 1. The Morgan fingerprint density at radius 3 is 2.80 bits per heavy atom. The zero-order valence-electron chi connectivity index (χ0n) is 14.4. The van der Waals surface area contributed by atoms with E-state index in [9.17, 15) is 9.59 Å². The van der Waals surface area contributed by atoms with Crippen molar-refractivity contribution in [3.63, 3.8) is 0 Å². The van der Waals surface area contributed by atoms with E-state index in [4.69, 9.17) is 16.3 Å². The van der Waals surface area contributed by atoms with E-state index in [2.05, 4.69) is 19.2 Å². The third kappa shape index (κ3) is 3.98. The average molecular weight is 380 g/mol. The van der Waals surface area contributed by atoms with Crippen molar-refractivity contribution < 1.29 is 14.3 Å². The fourth-order valence-corrected chi connectivity index (χ4v) is 4.78. The number of ether oxygens (including phenoxy) is 1. The summed E-state index contributed by atoms with van der Waals surface area (Å²) in [5.41, 5.74) is 0. The minimum Gasteiger partial charge on any atom is -0.451 e. The SMILES string of the molecule is C[C@@H]1[C@@H](C)CCC[C@H]1NC(=O)COC(=O)c1sc2ccccc2c1Cl. The molecule has 1 aromatic heterocycles. The first-order valence-corrected chi connectivity index (χ1v) is 9.80. The van der Waals surface area contributed by atoms with E-state index in [0.29, 0.717) is 21.7 Å². The highest BCUT2D eigenvalue weighted by atomic mass is 35.5. The number of hydrogen-bond acceptors (Lipinski definition) is 4. The van der Waals surface area contributed by atoms with E-state index in [1.165, 1.54) is 17.8 Å². The predicted molar refractivity (Wildman–Crippen MR) is 101 cm³/mol. The monoisotopic (exact) mass is 379 g/mol. The molecule has 1 heterocycles. The summed E-state index contributed by atoms with van der Waals surface area (Å²) in [7, 11) is 0. The molecule has 3 atom stereocenters. The van der Waals surface area contributed by atoms with Gasteiger partial charge in [0.05, 0.1) is 5.02 Å². The lowest BCUT2D eigenvalue weighted by Crippen LogP contribution is -2.45. The first kappa shape index (κ1) is 18.2. The Balaban J connectivity index is 1.58. The minimum absolute atomic E-state index is 0.155. The summed E-state index contributed by atoms with van der Waals surface area (Å²) >= 11 is 7.55. The van der Waals surface area contributed by atoms with Crippen molar-refractivity contribution in [1.82, 2.24) is 5.32 Å². The number of nitrogens with one attached hydrogen (secondary N) is 1. The second kappa shape index (κ2) is 7.75. The van der Waals surface area contributed by atoms with Crippen LogP contribution in [-0.4, -0.2) is 24.5 Å². The number of rotatable bonds is 4. The van der Waals surface area contributed by atoms with Gasteiger partial charge in [-0.1, -0.05) is 56.5 Å². The van der Waals surface area contributed by atoms with E-state index in [1.807, 2.05) is 24.3 Å². The van der Waals surface area contributed by atoms with Crippen molar-refractivity contribution in [2.45, 2.75) is 39.2 Å². The Morgan fingerprint density at radius 1 is 1.28 bits per heavy atom. The fraction of sp³-hybridized carbons (Fsp3) is 0.474. The van der Waals surface area contributed by atoms with Gasteiger partial charge in [-0.2, -0.15) is 0 Å². The number of fused-ring (bicyclic) bond motifs is 1. The van der Waals surface area contributed by atoms with Gasteiger partial charge in [0.15, 0.2) is 6.61 Å². The molecule has 2 aromatic rings. The lowest BCUT2D eigenvalue weighted by Gasteiger charge is -2.34. The highest BCUT2D eigenvalue weighted by Crippen LogP contribution is 2.35. The molecule has 0 bridgehead atoms. The quantitative estimate of drug-likeness (QED) is 0.786. The van der Waals surface area contributed by atoms with Gasteiger partial charge in [-0.15, -0.1) is 11.3 Å². The van der Waals surface area contributed by atoms with Gasteiger partial charge in [0, 0.05) is 16.1 Å². The number of hydrogen-bond donors (Lipinski definition) is 1. The number of amides is 1. The van der Waals surface area contributed by atoms with E-state index >= 15 is 0 Å². The van der Waals surface area contributed by atoms with Gasteiger partial charge in [0.25, 0.3) is 5.91 Å². The lowest BCUT2D eigenvalue weighted by atomic mass is 9.78. The Kier molecular flexibility index (Phi) is 5.64. The molecule has 134 valence electrons. The van der Waals surface area contributed by atoms with Gasteiger partial charge in [-0.25, -0.2) is 4.79 Å². The average Bonchev–Trinajstić information content (AvgIpc) is 2.94. The topological polar surface area (TPSA) is 55.4 Å². The van der Waals surface area contributed by atoms with Crippen LogP contribution < -0.4 is 5.32 Å². The van der Waals surface area contributed by atoms with Crippen LogP contribution in [0.5, 0.6) is 0 Å². The van der Waals surface area contributed by atoms with Crippen LogP contribution >= 0.6 is 22.9 Å². The molecule has 3 rings (SSSR count). The smallest absolute Gasteiger partial charge is 0.350 e. The summed E-state index contributed by atoms with van der Waals surface area (Å²) in [6.07, 6.45) is 3.30. The first-order valence-electron chi connectivity index (χ1n) is 8.61. The Hall–Kier alpha value is -1.59. The van der Waals surface area contributed by atoms with E-state index in [-0.39, 0.29) is 18.6 Å². The normalized spacial score (nSPS) is 23.4. The molecule has 1 aliphatic carbocycles. The Labute approximate surface area is 156 Å². The summed E-state index contributed by atoms with van der Waals surface area (Å²) in [5.74, 6) is 0.229. The molecule has 6 heteroatoms. The van der Waals surface area contributed by atoms with Crippen LogP contribution in [0.4, 0.5) is 0 Å². The first-order chi connectivity index (χ1) is 12.0. The number of esters is 1. The van der Waals surface area contributed by atoms with Gasteiger partial charge < -0.3 is 10.1 Å². The van der Waals surface area contributed by atoms with E-state index < -0.39 is 5.97 Å². The molecule has 1 aromatic carbocycles. The number of thiophene rings is 1. The Morgan fingerprint density at radius 2 is 2.04 bits per heavy atom. The maximum atomic E-state index is 12.3. The Bertz CT molecular complexity index is 788. The summed E-state index contributed by atoms with van der Waals surface area (Å²) in [6, 6.07) is 7.69. The molecule has 0 radical (unpaired) electrons. The molecule has 0 spiro atoms. The maximum Gasteiger partial charge on any atom is 0.350 e. The molecule has 1 amide bonds. The standard InChI is InChI=1S/C19H22ClNO3S/c1-11-6-5-8-14(12(11)2)21-16(22)10-24-19(23)18-17(20)13-7-3-4-9-15(13)25-18/h3-4,7,9,11-12,14H,5-6,8,10H2,1-2H3,(H,21,22)/t11-,12+,14+/m0/s1. The van der Waals surface area contributed by atoms with Crippen molar-refractivity contribution in [1.29, 1.82) is 0 Å². The van der Waals surface area contributed by atoms with Crippen molar-refractivity contribution in [3.8, 4) is 0 Å². The van der Waals surface area contributed by atoms with Crippen LogP contribution in [0.25, 0.3) is 10.1 Å². The van der Waals surface area contributed by atoms with Crippen molar-refractivity contribution in [3.05, 3.63) is 34.2 Å². The predicted octanol–water partition coefficient (Wildman–Crippen LogP) is 4.65. The largest absolute Gasteiger partial charge is 0.451 e. The molecule has 1 saturated carbocycles. The van der Waals surface area contributed by atoms with E-state index in [0.717, 1.165) is 22.9 Å². The number of carbonyl (C=O) groups excluding carboxylic acids is 2. The van der Waals surface area contributed by atoms with Crippen LogP contribution in [0.2, 0.25) is 5.02 Å². The molecule has 25 heavy (non-hydrogen) atoms. The van der Waals surface area contributed by atoms with Crippen molar-refractivity contribution in [2.75, 3.05) is 6.61 Å². The second-order valence-electron chi connectivity index (χ2n) is 6.76. The van der Waals surface area contributed by atoms with Gasteiger partial charge >= 0.3 is 5.97 Å². The second-order valence-corrected chi connectivity index (χ2v) is 8.19. The van der Waals surface area contributed by atoms with Crippen LogP contribution in [-0.2, 0) is 9.53 Å². The maximum absolute atomic E-state index is 12.3. The molecule has 0 aliphatic heterocycles. The van der Waals surface area contributed by atoms with Crippen molar-refractivity contribution >= 4 is 44.9 Å². The molecule has 0 unspecified atom stereocenters. The molecule has 1 aliphatic rings. The summed E-state index contributed by atoms with van der Waals surface area (Å²) in [4.78, 5) is 24.8. The summed E-state index contributed by atoms with van der Waals surface area (Å²) in [5, 5.41) is 4.22. The highest BCUT2D eigenvalue weighted by molar-refractivity contribution is 7.21. The van der Waals surface area contributed by atoms with Gasteiger partial charge in [0.2, 0.25) is 0 Å². The zero-order valence-corrected chi connectivity index (χ0v) is 16.0. The summed E-state index contributed by atoms with van der Waals surface area (Å²) in [6.45, 7) is 4.10. The van der Waals surface area contributed by atoms with E-state index in [1.54, 1.807) is 0 Å². The number of benzene rings is 1. The van der Waals surface area contributed by atoms with Crippen LogP contribution in [0.3, 0.4) is 0 Å². The van der Waals surface area contributed by atoms with Crippen LogP contribution in [0.1, 0.15) is 42.8 Å². The van der Waals surface area contributed by atoms with Crippen LogP contribution in [0.15, 0.2) is 24.3 Å². The highest BCUT2D eigenvalue weighted by Gasteiger charge is 2.28. The van der Waals surface area contributed by atoms with Gasteiger partial charge in [-0.3, -0.25) is 4.79 Å². The lowest BCUT2D eigenvalue weighted by molar-refractivity contribution is -0.125. The van der Waals surface area contributed by atoms with Crippen LogP contribution in [0, 0.1) is 11.8 Å². The minimum atomic E-state index is -0.550. The van der Waals surface area contributed by atoms with Gasteiger partial charge in [0.1, 0.15) is 4.88 Å². The third-order valence-corrected chi connectivity index (χ3v) is 6.76. The van der Waals surface area contributed by atoms with Gasteiger partial charge in [-0.05, 0) is 24.3 Å². The third-order valence-electron chi connectivity index (χ3n) is 5.11. The fourth-order valence-electron chi connectivity index (χ4n) is 3.38. The zero-order chi connectivity index (χ0) is 18.0. The van der Waals surface area contributed by atoms with Crippen molar-refractivity contribution in [2.24, 2.45) is 11.8 Å². The molecule has 0 saturated heterocycles. The molecule has 1 N–H and O–H groups in total.